The van der Waals surface area contributed by atoms with Crippen LogP contribution in [0.15, 0.2) is 28.9 Å². The third-order valence-corrected chi connectivity index (χ3v) is 2.97. The van der Waals surface area contributed by atoms with Gasteiger partial charge in [-0.15, -0.1) is 0 Å². The zero-order valence-corrected chi connectivity index (χ0v) is 11.9. The Labute approximate surface area is 114 Å². The van der Waals surface area contributed by atoms with Crippen LogP contribution in [0.1, 0.15) is 37.0 Å². The van der Waals surface area contributed by atoms with Gasteiger partial charge in [0.05, 0.1) is 0 Å². The van der Waals surface area contributed by atoms with E-state index in [-0.39, 0.29) is 5.97 Å². The average molecular weight is 257 g/mol. The van der Waals surface area contributed by atoms with Crippen LogP contribution in [0, 0.1) is 19.8 Å². The first-order valence-corrected chi connectivity index (χ1v) is 6.54. The average Bonchev–Trinajstić information content (AvgIpc) is 2.63. The van der Waals surface area contributed by atoms with Crippen LogP contribution in [0.4, 0.5) is 0 Å². The molecule has 0 spiro atoms. The third-order valence-electron chi connectivity index (χ3n) is 2.97. The molecule has 0 N–H and O–H groups in total. The lowest BCUT2D eigenvalue weighted by atomic mass is 10.0. The highest BCUT2D eigenvalue weighted by atomic mass is 16.6. The number of ether oxygens (including phenoxy) is 1. The quantitative estimate of drug-likeness (QED) is 0.612. The summed E-state index contributed by atoms with van der Waals surface area (Å²) in [4.78, 5) is 16.0. The second-order valence-corrected chi connectivity index (χ2v) is 5.38. The van der Waals surface area contributed by atoms with Crippen molar-refractivity contribution in [3.8, 4) is 0 Å². The van der Waals surface area contributed by atoms with E-state index >= 15 is 0 Å². The minimum atomic E-state index is -0.350. The number of aryl methyl sites for hydroxylation is 2. The number of cyclic esters (lactones) is 1. The van der Waals surface area contributed by atoms with Crippen molar-refractivity contribution in [2.45, 2.75) is 34.1 Å². The molecule has 19 heavy (non-hydrogen) atoms. The fourth-order valence-electron chi connectivity index (χ4n) is 1.95. The number of aliphatic imine (C=N–C) groups is 1. The van der Waals surface area contributed by atoms with Crippen LogP contribution in [-0.2, 0) is 9.53 Å². The largest absolute Gasteiger partial charge is 0.407 e. The van der Waals surface area contributed by atoms with Gasteiger partial charge in [0.1, 0.15) is 0 Å². The summed E-state index contributed by atoms with van der Waals surface area (Å²) in [5, 5.41) is 0. The molecule has 1 heterocycles. The molecule has 1 aromatic carbocycles. The van der Waals surface area contributed by atoms with E-state index in [4.69, 9.17) is 4.74 Å². The predicted molar refractivity (Wildman–Crippen MR) is 76.9 cm³/mol. The Balaban J connectivity index is 2.30. The van der Waals surface area contributed by atoms with Gasteiger partial charge >= 0.3 is 5.97 Å². The summed E-state index contributed by atoms with van der Waals surface area (Å²) in [6, 6.07) is 6.14. The van der Waals surface area contributed by atoms with Crippen LogP contribution in [0.25, 0.3) is 6.08 Å². The number of carbonyl (C=O) groups is 1. The lowest BCUT2D eigenvalue weighted by molar-refractivity contribution is -0.130. The number of hydrogen-bond donors (Lipinski definition) is 0. The lowest BCUT2D eigenvalue weighted by Gasteiger charge is -2.01. The molecule has 0 unspecified atom stereocenters. The molecule has 3 heteroatoms. The molecule has 0 atom stereocenters. The van der Waals surface area contributed by atoms with E-state index in [1.165, 1.54) is 0 Å². The van der Waals surface area contributed by atoms with E-state index in [1.807, 2.05) is 26.0 Å². The minimum absolute atomic E-state index is 0.350. The second-order valence-electron chi connectivity index (χ2n) is 5.38. The number of carbonyl (C=O) groups excluding carboxylic acids is 1. The van der Waals surface area contributed by atoms with Gasteiger partial charge in [0, 0.05) is 6.42 Å². The van der Waals surface area contributed by atoms with E-state index in [2.05, 4.69) is 24.9 Å². The number of nitrogens with zero attached hydrogens (tertiary/aromatic N) is 1. The van der Waals surface area contributed by atoms with Crippen molar-refractivity contribution in [2.24, 2.45) is 10.9 Å². The Bertz CT molecular complexity index is 568. The first-order valence-electron chi connectivity index (χ1n) is 6.54. The summed E-state index contributed by atoms with van der Waals surface area (Å²) in [6.45, 7) is 8.19. The molecule has 100 valence electrons. The van der Waals surface area contributed by atoms with Crippen LogP contribution < -0.4 is 0 Å². The molecule has 1 aliphatic heterocycles. The van der Waals surface area contributed by atoms with Crippen molar-refractivity contribution >= 4 is 17.9 Å². The molecule has 0 radical (unpaired) electrons. The molecule has 1 aromatic rings. The fraction of sp³-hybridized carbons (Fsp3) is 0.375. The number of hydrogen-bond acceptors (Lipinski definition) is 3. The van der Waals surface area contributed by atoms with Crippen LogP contribution in [0.2, 0.25) is 0 Å². The van der Waals surface area contributed by atoms with Gasteiger partial charge in [-0.25, -0.2) is 9.79 Å². The van der Waals surface area contributed by atoms with Crippen molar-refractivity contribution in [3.63, 3.8) is 0 Å². The molecule has 0 amide bonds. The summed E-state index contributed by atoms with van der Waals surface area (Å²) in [5.41, 5.74) is 3.69. The SMILES string of the molecule is Cc1ccc(C)c(/C=C2/N=C(CC(C)C)OC2=O)c1. The molecule has 0 saturated heterocycles. The summed E-state index contributed by atoms with van der Waals surface area (Å²) in [6.07, 6.45) is 2.49. The zero-order valence-electron chi connectivity index (χ0n) is 11.9. The molecule has 0 saturated carbocycles. The van der Waals surface area contributed by atoms with Crippen molar-refractivity contribution < 1.29 is 9.53 Å². The van der Waals surface area contributed by atoms with Crippen LogP contribution in [0.5, 0.6) is 0 Å². The maximum absolute atomic E-state index is 11.8. The van der Waals surface area contributed by atoms with Gasteiger partial charge in [0.25, 0.3) is 0 Å². The highest BCUT2D eigenvalue weighted by Gasteiger charge is 2.23. The minimum Gasteiger partial charge on any atom is -0.407 e. The number of esters is 1. The topological polar surface area (TPSA) is 38.7 Å². The maximum Gasteiger partial charge on any atom is 0.363 e. The summed E-state index contributed by atoms with van der Waals surface area (Å²) < 4.78 is 5.17. The normalized spacial score (nSPS) is 17.0. The second kappa shape index (κ2) is 5.39. The van der Waals surface area contributed by atoms with Gasteiger partial charge in [-0.2, -0.15) is 0 Å². The van der Waals surface area contributed by atoms with Gasteiger partial charge in [-0.05, 0) is 37.0 Å². The van der Waals surface area contributed by atoms with Gasteiger partial charge < -0.3 is 4.74 Å². The molecule has 0 fully saturated rings. The fourth-order valence-corrected chi connectivity index (χ4v) is 1.95. The molecule has 2 rings (SSSR count). The maximum atomic E-state index is 11.8. The van der Waals surface area contributed by atoms with E-state index < -0.39 is 0 Å². The smallest absolute Gasteiger partial charge is 0.363 e. The lowest BCUT2D eigenvalue weighted by Crippen LogP contribution is -2.06. The van der Waals surface area contributed by atoms with Crippen LogP contribution in [0.3, 0.4) is 0 Å². The van der Waals surface area contributed by atoms with Crippen molar-refractivity contribution in [3.05, 3.63) is 40.6 Å². The molecular weight excluding hydrogens is 238 g/mol. The number of rotatable bonds is 3. The van der Waals surface area contributed by atoms with Crippen LogP contribution in [-0.4, -0.2) is 11.9 Å². The molecule has 0 bridgehead atoms. The monoisotopic (exact) mass is 257 g/mol. The number of benzene rings is 1. The summed E-state index contributed by atoms with van der Waals surface area (Å²) in [7, 11) is 0. The Morgan fingerprint density at radius 3 is 2.74 bits per heavy atom. The van der Waals surface area contributed by atoms with Crippen molar-refractivity contribution in [1.29, 1.82) is 0 Å². The van der Waals surface area contributed by atoms with E-state index in [1.54, 1.807) is 6.08 Å². The summed E-state index contributed by atoms with van der Waals surface area (Å²) in [5.74, 6) is 0.597. The molecule has 0 aromatic heterocycles. The predicted octanol–water partition coefficient (Wildman–Crippen LogP) is 3.65. The van der Waals surface area contributed by atoms with E-state index in [0.717, 1.165) is 16.7 Å². The zero-order chi connectivity index (χ0) is 14.0. The van der Waals surface area contributed by atoms with Crippen LogP contribution >= 0.6 is 0 Å². The van der Waals surface area contributed by atoms with Gasteiger partial charge in [-0.1, -0.05) is 37.6 Å². The van der Waals surface area contributed by atoms with Gasteiger partial charge in [0.15, 0.2) is 11.6 Å². The Morgan fingerprint density at radius 1 is 1.32 bits per heavy atom. The van der Waals surface area contributed by atoms with E-state index in [9.17, 15) is 4.79 Å². The highest BCUT2D eigenvalue weighted by molar-refractivity contribution is 6.07. The highest BCUT2D eigenvalue weighted by Crippen LogP contribution is 2.21. The Kier molecular flexibility index (Phi) is 3.84. The first-order chi connectivity index (χ1) is 8.95. The molecule has 0 aliphatic carbocycles. The molecule has 1 aliphatic rings. The van der Waals surface area contributed by atoms with Crippen molar-refractivity contribution in [2.75, 3.05) is 0 Å². The third kappa shape index (κ3) is 3.31. The van der Waals surface area contributed by atoms with Gasteiger partial charge in [-0.3, -0.25) is 0 Å². The van der Waals surface area contributed by atoms with Gasteiger partial charge in [0.2, 0.25) is 0 Å². The standard InChI is InChI=1S/C16H19NO2/c1-10(2)7-15-17-14(16(18)19-15)9-13-8-11(3)5-6-12(13)4/h5-6,8-10H,7H2,1-4H3/b14-9+. The molecule has 3 nitrogen and oxygen atoms in total. The molecular formula is C16H19NO2. The Morgan fingerprint density at radius 2 is 2.05 bits per heavy atom. The van der Waals surface area contributed by atoms with Crippen molar-refractivity contribution in [1.82, 2.24) is 0 Å². The summed E-state index contributed by atoms with van der Waals surface area (Å²) >= 11 is 0. The first kappa shape index (κ1) is 13.5. The van der Waals surface area contributed by atoms with E-state index in [0.29, 0.717) is 23.9 Å². The Hall–Kier alpha value is -1.90.